The summed E-state index contributed by atoms with van der Waals surface area (Å²) in [6.45, 7) is 10.1. The summed E-state index contributed by atoms with van der Waals surface area (Å²) in [7, 11) is 8.98. The first-order valence-corrected chi connectivity index (χ1v) is 32.8. The smallest absolute Gasteiger partial charge is 0.0299 e. The summed E-state index contributed by atoms with van der Waals surface area (Å²) in [5.74, 6) is 15.2. The Morgan fingerprint density at radius 2 is 0.511 bits per heavy atom. The van der Waals surface area contributed by atoms with Crippen molar-refractivity contribution in [2.75, 3.05) is 13.2 Å². The van der Waals surface area contributed by atoms with E-state index in [1.807, 2.05) is 38.5 Å². The Labute approximate surface area is 577 Å². The van der Waals surface area contributed by atoms with E-state index in [0.29, 0.717) is 37.1 Å². The third-order valence-corrected chi connectivity index (χ3v) is 15.0. The van der Waals surface area contributed by atoms with Crippen LogP contribution in [0, 0.1) is 122 Å². The van der Waals surface area contributed by atoms with Gasteiger partial charge >= 0.3 is 55.4 Å². The fourth-order valence-corrected chi connectivity index (χ4v) is 10.7. The monoisotopic (exact) mass is 1460 g/mol. The Bertz CT molecular complexity index is 2650. The van der Waals surface area contributed by atoms with Gasteiger partial charge in [-0.05, 0) is 56.3 Å². The molecule has 4 saturated carbocycles. The van der Waals surface area contributed by atoms with Crippen molar-refractivity contribution in [2.45, 2.75) is 39.8 Å². The number of benzene rings is 8. The van der Waals surface area contributed by atoms with Crippen LogP contribution in [0.5, 0.6) is 0 Å². The molecular formula is C78H66Cl2Co2N2O2Pd2. The van der Waals surface area contributed by atoms with Crippen molar-refractivity contribution in [2.24, 2.45) is 21.8 Å². The molecule has 2 heterocycles. The second-order valence-corrected chi connectivity index (χ2v) is 21.2. The van der Waals surface area contributed by atoms with E-state index in [9.17, 15) is 0 Å². The first-order chi connectivity index (χ1) is 42.4. The third-order valence-electron chi connectivity index (χ3n) is 15.0. The molecule has 452 valence electrons. The summed E-state index contributed by atoms with van der Waals surface area (Å²) in [6, 6.07) is 86.5. The van der Waals surface area contributed by atoms with Gasteiger partial charge in [0.25, 0.3) is 0 Å². The normalized spacial score (nSPS) is 19.0. The zero-order chi connectivity index (χ0) is 60.0. The average Bonchev–Trinajstić information content (AvgIpc) is 1.39. The minimum absolute atomic E-state index is 0. The van der Waals surface area contributed by atoms with Crippen molar-refractivity contribution >= 4 is 30.9 Å². The summed E-state index contributed by atoms with van der Waals surface area (Å²) in [5.41, 5.74) is 10.1. The maximum Gasteiger partial charge on any atom is 0.0299 e. The molecule has 8 aromatic carbocycles. The molecule has 0 amide bonds. The molecule has 0 spiro atoms. The van der Waals surface area contributed by atoms with Crippen LogP contribution in [0.4, 0.5) is 0 Å². The van der Waals surface area contributed by atoms with Crippen LogP contribution in [0.15, 0.2) is 253 Å². The zero-order valence-electron chi connectivity index (χ0n) is 49.0. The molecule has 0 saturated heterocycles. The van der Waals surface area contributed by atoms with E-state index in [4.69, 9.17) is 9.47 Å². The van der Waals surface area contributed by atoms with E-state index in [1.165, 1.54) is 91.9 Å². The SMILES string of the molecule is CC(C)[C@@H]1COC([C]2[C-][CH][CH][CH]2)=N1.CC(C)[C@@H]1COC([C]2[C-][CH][CH][CH]2)=N1.[Cl][Pd+].[Cl][Pd+].[Co].[Co].c1ccc([C]2[C](c3ccccc3)[C](c3ccccc3)[C]2c2ccccc2)cc1.c1ccc([C]2[C](c3ccccc3)[C](c3ccccc3)[C]2c2ccccc2)cc1. The van der Waals surface area contributed by atoms with E-state index < -0.39 is 0 Å². The van der Waals surface area contributed by atoms with Gasteiger partial charge in [-0.1, -0.05) is 296 Å². The summed E-state index contributed by atoms with van der Waals surface area (Å²) >= 11 is 4.44. The van der Waals surface area contributed by atoms with Gasteiger partial charge in [0.05, 0.1) is 12.1 Å². The molecule has 0 unspecified atom stereocenters. The molecule has 2 aliphatic heterocycles. The van der Waals surface area contributed by atoms with E-state index in [2.05, 4.69) is 349 Å². The molecule has 10 heteroatoms. The molecule has 0 aromatic heterocycles. The molecular weight excluding hydrogens is 1400 g/mol. The van der Waals surface area contributed by atoms with Gasteiger partial charge in [-0.15, -0.1) is 11.8 Å². The molecule has 4 nitrogen and oxygen atoms in total. The summed E-state index contributed by atoms with van der Waals surface area (Å²) in [6.07, 6.45) is 17.8. The van der Waals surface area contributed by atoms with Crippen LogP contribution >= 0.6 is 19.1 Å². The number of hydrogen-bond donors (Lipinski definition) is 0. The summed E-state index contributed by atoms with van der Waals surface area (Å²) in [4.78, 5) is 8.99. The number of ether oxygens (including phenoxy) is 2. The Kier molecular flexibility index (Phi) is 30.0. The maximum atomic E-state index is 5.49. The number of rotatable bonds is 12. The minimum atomic E-state index is 0. The van der Waals surface area contributed by atoms with Crippen molar-refractivity contribution in [3.63, 3.8) is 0 Å². The first kappa shape index (κ1) is 71.1. The van der Waals surface area contributed by atoms with Crippen LogP contribution < -0.4 is 0 Å². The van der Waals surface area contributed by atoms with E-state index in [1.54, 1.807) is 0 Å². The van der Waals surface area contributed by atoms with Gasteiger partial charge in [-0.25, -0.2) is 12.8 Å². The zero-order valence-corrected chi connectivity index (χ0v) is 55.8. The van der Waals surface area contributed by atoms with Crippen molar-refractivity contribution in [1.82, 2.24) is 0 Å². The Morgan fingerprint density at radius 3 is 0.648 bits per heavy atom. The molecule has 6 aliphatic rings. The Morgan fingerprint density at radius 1 is 0.330 bits per heavy atom. The standard InChI is InChI=1S/2C28H20.2C11H13NO.2ClH.2Co.2Pd/c2*1-5-13-21(14-6-1)25-26(22-15-7-2-8-16-22)28(24-19-11-4-12-20-24)27(25)23-17-9-3-10-18-23;2*1-8(2)10-7-13-11(12-10)9-5-3-4-6-9;;;;;;/h2*1-20H;2*3-5,8,10H,7H2,1-2H3;2*1H;;;;/q;;2*-1;;;;;2*+2/p-2/t;;2*10-;;;;;;/m..00....../s1. The van der Waals surface area contributed by atoms with Gasteiger partial charge in [0.15, 0.2) is 11.8 Å². The van der Waals surface area contributed by atoms with Gasteiger partial charge < -0.3 is 22.3 Å². The maximum absolute atomic E-state index is 5.49. The quantitative estimate of drug-likeness (QED) is 0.0904. The van der Waals surface area contributed by atoms with E-state index in [-0.39, 0.29) is 33.6 Å². The van der Waals surface area contributed by atoms with Crippen LogP contribution in [0.3, 0.4) is 0 Å². The van der Waals surface area contributed by atoms with Crippen molar-refractivity contribution in [1.29, 1.82) is 0 Å². The molecule has 14 rings (SSSR count). The van der Waals surface area contributed by atoms with E-state index in [0.717, 1.165) is 23.6 Å². The predicted octanol–water partition coefficient (Wildman–Crippen LogP) is 17.8. The number of nitrogens with zero attached hydrogens (tertiary/aromatic N) is 2. The Hall–Kier alpha value is -4.38. The second-order valence-electron chi connectivity index (χ2n) is 21.2. The topological polar surface area (TPSA) is 43.2 Å². The average molecular weight is 1470 g/mol. The minimum Gasteiger partial charge on any atom is -0.0622 e. The van der Waals surface area contributed by atoms with Gasteiger partial charge in [0.2, 0.25) is 0 Å². The molecule has 2 atom stereocenters. The summed E-state index contributed by atoms with van der Waals surface area (Å²) in [5, 5.41) is 0. The molecule has 88 heavy (non-hydrogen) atoms. The largest absolute Gasteiger partial charge is 0.0622 e. The van der Waals surface area contributed by atoms with Gasteiger partial charge in [0.1, 0.15) is 13.2 Å². The molecule has 4 fully saturated rings. The van der Waals surface area contributed by atoms with E-state index >= 15 is 0 Å². The summed E-state index contributed by atoms with van der Waals surface area (Å²) < 4.78 is 11.0. The van der Waals surface area contributed by atoms with Crippen LogP contribution in [-0.4, -0.2) is 37.1 Å². The fraction of sp³-hybridized carbons (Fsp3) is 0.128. The Balaban J connectivity index is 0.000000172. The number of aliphatic imine (C=N–C) groups is 2. The van der Waals surface area contributed by atoms with Crippen LogP contribution in [0.1, 0.15) is 72.2 Å². The second kappa shape index (κ2) is 37.2. The molecule has 8 aromatic rings. The molecule has 0 N–H and O–H groups in total. The van der Waals surface area contributed by atoms with Gasteiger partial charge in [-0.2, -0.15) is 0 Å². The van der Waals surface area contributed by atoms with Crippen molar-refractivity contribution < 1.29 is 79.4 Å². The first-order valence-electron chi connectivity index (χ1n) is 28.8. The third kappa shape index (κ3) is 18.0. The molecule has 20 radical (unpaired) electrons. The number of hydrogen-bond acceptors (Lipinski definition) is 4. The van der Waals surface area contributed by atoms with Crippen LogP contribution in [0.2, 0.25) is 0 Å². The van der Waals surface area contributed by atoms with Crippen LogP contribution in [0.25, 0.3) is 0 Å². The van der Waals surface area contributed by atoms with Crippen molar-refractivity contribution in [3.8, 4) is 0 Å². The van der Waals surface area contributed by atoms with Gasteiger partial charge in [-0.3, -0.25) is 9.98 Å². The predicted molar refractivity (Wildman–Crippen MR) is 345 cm³/mol. The van der Waals surface area contributed by atoms with Crippen LogP contribution in [-0.2, 0) is 79.4 Å². The number of halogens is 2. The molecule has 4 aliphatic carbocycles. The van der Waals surface area contributed by atoms with Crippen molar-refractivity contribution in [3.05, 3.63) is 398 Å². The van der Waals surface area contributed by atoms with Gasteiger partial charge in [0, 0.05) is 80.9 Å². The molecule has 0 bridgehead atoms. The fourth-order valence-electron chi connectivity index (χ4n) is 10.7.